The number of benzene rings is 2. The quantitative estimate of drug-likeness (QED) is 0.838. The van der Waals surface area contributed by atoms with Crippen LogP contribution in [0.4, 0.5) is 5.69 Å². The summed E-state index contributed by atoms with van der Waals surface area (Å²) in [6.45, 7) is 1.06. The zero-order valence-corrected chi connectivity index (χ0v) is 15.8. The van der Waals surface area contributed by atoms with Crippen molar-refractivity contribution >= 4 is 17.5 Å². The van der Waals surface area contributed by atoms with E-state index in [4.69, 9.17) is 4.74 Å². The smallest absolute Gasteiger partial charge is 0.239 e. The number of likely N-dealkylation sites (N-methyl/N-ethyl adjacent to an activating group) is 1. The fourth-order valence-corrected chi connectivity index (χ4v) is 4.33. The van der Waals surface area contributed by atoms with Gasteiger partial charge in [-0.25, -0.2) is 0 Å². The highest BCUT2D eigenvalue weighted by Crippen LogP contribution is 2.48. The maximum Gasteiger partial charge on any atom is 0.239 e. The minimum atomic E-state index is -0.638. The predicted octanol–water partition coefficient (Wildman–Crippen LogP) is 2.77. The molecule has 140 valence electrons. The van der Waals surface area contributed by atoms with Crippen LogP contribution in [0.5, 0.6) is 5.75 Å². The zero-order chi connectivity index (χ0) is 19.0. The monoisotopic (exact) mass is 364 g/mol. The highest BCUT2D eigenvalue weighted by atomic mass is 16.5. The van der Waals surface area contributed by atoms with Gasteiger partial charge in [-0.1, -0.05) is 30.3 Å². The molecule has 0 saturated carbocycles. The molecule has 0 radical (unpaired) electrons. The number of hydrogen-bond acceptors (Lipinski definition) is 3. The Morgan fingerprint density at radius 1 is 1.19 bits per heavy atom. The first kappa shape index (κ1) is 17.6. The van der Waals surface area contributed by atoms with E-state index in [0.29, 0.717) is 25.9 Å². The maximum absolute atomic E-state index is 13.1. The van der Waals surface area contributed by atoms with E-state index in [9.17, 15) is 9.59 Å². The molecular weight excluding hydrogens is 340 g/mol. The molecule has 2 aliphatic rings. The summed E-state index contributed by atoms with van der Waals surface area (Å²) in [4.78, 5) is 29.4. The summed E-state index contributed by atoms with van der Waals surface area (Å²) in [6, 6.07) is 15.8. The highest BCUT2D eigenvalue weighted by Gasteiger charge is 2.54. The van der Waals surface area contributed by atoms with E-state index in [1.54, 1.807) is 12.0 Å². The number of aryl methyl sites for hydroxylation is 1. The molecule has 1 atom stereocenters. The maximum atomic E-state index is 13.1. The van der Waals surface area contributed by atoms with Crippen LogP contribution in [0.15, 0.2) is 48.5 Å². The lowest BCUT2D eigenvalue weighted by molar-refractivity contribution is -0.130. The van der Waals surface area contributed by atoms with E-state index in [-0.39, 0.29) is 11.8 Å². The summed E-state index contributed by atoms with van der Waals surface area (Å²) in [5.74, 6) is 0.928. The molecule has 2 aliphatic heterocycles. The van der Waals surface area contributed by atoms with Crippen LogP contribution in [0.2, 0.25) is 0 Å². The van der Waals surface area contributed by atoms with Crippen molar-refractivity contribution in [2.75, 3.05) is 32.1 Å². The fourth-order valence-electron chi connectivity index (χ4n) is 4.33. The van der Waals surface area contributed by atoms with Gasteiger partial charge in [0.2, 0.25) is 11.8 Å². The minimum Gasteiger partial charge on any atom is -0.497 e. The summed E-state index contributed by atoms with van der Waals surface area (Å²) >= 11 is 0. The zero-order valence-electron chi connectivity index (χ0n) is 15.8. The van der Waals surface area contributed by atoms with Crippen molar-refractivity contribution in [1.82, 2.24) is 4.90 Å². The molecule has 1 unspecified atom stereocenters. The molecule has 5 nitrogen and oxygen atoms in total. The molecular formula is C22H24N2O3. The fraction of sp³-hybridized carbons (Fsp3) is 0.364. The van der Waals surface area contributed by atoms with E-state index >= 15 is 0 Å². The molecule has 1 saturated heterocycles. The first-order valence-corrected chi connectivity index (χ1v) is 9.33. The molecule has 0 bridgehead atoms. The summed E-state index contributed by atoms with van der Waals surface area (Å²) in [5.41, 5.74) is 2.42. The van der Waals surface area contributed by atoms with Crippen molar-refractivity contribution in [3.05, 3.63) is 59.7 Å². The summed E-state index contributed by atoms with van der Waals surface area (Å²) in [6.07, 6.45) is 1.85. The number of fused-ring (bicyclic) bond motifs is 2. The van der Waals surface area contributed by atoms with E-state index in [1.807, 2.05) is 60.5 Å². The van der Waals surface area contributed by atoms with Gasteiger partial charge in [-0.15, -0.1) is 0 Å². The van der Waals surface area contributed by atoms with E-state index < -0.39 is 5.41 Å². The number of anilines is 1. The van der Waals surface area contributed by atoms with E-state index in [1.165, 1.54) is 0 Å². The average Bonchev–Trinajstić information content (AvgIpc) is 3.24. The van der Waals surface area contributed by atoms with Crippen LogP contribution in [-0.4, -0.2) is 44.0 Å². The second-order valence-corrected chi connectivity index (χ2v) is 7.38. The van der Waals surface area contributed by atoms with Crippen molar-refractivity contribution in [2.45, 2.75) is 24.7 Å². The van der Waals surface area contributed by atoms with Crippen LogP contribution in [0, 0.1) is 0 Å². The first-order chi connectivity index (χ1) is 13.0. The molecule has 27 heavy (non-hydrogen) atoms. The summed E-state index contributed by atoms with van der Waals surface area (Å²) in [7, 11) is 3.44. The number of hydrogen-bond donors (Lipinski definition) is 0. The van der Waals surface area contributed by atoms with Crippen LogP contribution in [0.3, 0.4) is 0 Å². The van der Waals surface area contributed by atoms with Crippen LogP contribution >= 0.6 is 0 Å². The van der Waals surface area contributed by atoms with Gasteiger partial charge in [-0.05, 0) is 42.2 Å². The molecule has 0 aliphatic carbocycles. The Morgan fingerprint density at radius 2 is 1.96 bits per heavy atom. The number of methoxy groups -OCH3 is 1. The van der Waals surface area contributed by atoms with E-state index in [0.717, 1.165) is 29.0 Å². The lowest BCUT2D eigenvalue weighted by atomic mass is 9.81. The third-order valence-corrected chi connectivity index (χ3v) is 5.89. The van der Waals surface area contributed by atoms with Crippen LogP contribution in [0.1, 0.15) is 24.0 Å². The van der Waals surface area contributed by atoms with Crippen molar-refractivity contribution in [3.8, 4) is 5.75 Å². The number of carbonyl (C=O) groups excluding carboxylic acids is 2. The Bertz CT molecular complexity index is 880. The number of carbonyl (C=O) groups is 2. The SMILES string of the molecule is COc1ccc2c(c1)C1(CCN(C(=O)CCc3ccccc3)C1)C(=O)N2C. The predicted molar refractivity (Wildman–Crippen MR) is 104 cm³/mol. The Labute approximate surface area is 159 Å². The van der Waals surface area contributed by atoms with Gasteiger partial charge < -0.3 is 14.5 Å². The molecule has 2 aromatic carbocycles. The third-order valence-electron chi connectivity index (χ3n) is 5.89. The standard InChI is InChI=1S/C22H24N2O3/c1-23-19-10-9-17(27-2)14-18(19)22(21(23)26)12-13-24(15-22)20(25)11-8-16-6-4-3-5-7-16/h3-7,9-10,14H,8,11-13,15H2,1-2H3. The molecule has 5 heteroatoms. The van der Waals surface area contributed by atoms with Gasteiger partial charge in [-0.3, -0.25) is 9.59 Å². The Hall–Kier alpha value is -2.82. The lowest BCUT2D eigenvalue weighted by Crippen LogP contribution is -2.42. The van der Waals surface area contributed by atoms with Crippen molar-refractivity contribution < 1.29 is 14.3 Å². The van der Waals surface area contributed by atoms with Crippen LogP contribution in [-0.2, 0) is 21.4 Å². The Kier molecular flexibility index (Phi) is 4.38. The van der Waals surface area contributed by atoms with Gasteiger partial charge in [0.25, 0.3) is 0 Å². The third kappa shape index (κ3) is 2.87. The molecule has 0 aromatic heterocycles. The van der Waals surface area contributed by atoms with Gasteiger partial charge >= 0.3 is 0 Å². The van der Waals surface area contributed by atoms with Crippen LogP contribution < -0.4 is 9.64 Å². The molecule has 2 aromatic rings. The molecule has 0 N–H and O–H groups in total. The van der Waals surface area contributed by atoms with Gasteiger partial charge in [0.1, 0.15) is 5.75 Å². The van der Waals surface area contributed by atoms with Crippen molar-refractivity contribution in [1.29, 1.82) is 0 Å². The van der Waals surface area contributed by atoms with Gasteiger partial charge in [0.05, 0.1) is 12.5 Å². The number of nitrogens with zero attached hydrogens (tertiary/aromatic N) is 2. The van der Waals surface area contributed by atoms with Gasteiger partial charge in [0, 0.05) is 32.2 Å². The van der Waals surface area contributed by atoms with Gasteiger partial charge in [-0.2, -0.15) is 0 Å². The molecule has 4 rings (SSSR count). The van der Waals surface area contributed by atoms with Crippen LogP contribution in [0.25, 0.3) is 0 Å². The minimum absolute atomic E-state index is 0.0733. The Balaban J connectivity index is 1.53. The summed E-state index contributed by atoms with van der Waals surface area (Å²) in [5, 5.41) is 0. The lowest BCUT2D eigenvalue weighted by Gasteiger charge is -2.23. The molecule has 1 fully saturated rings. The van der Waals surface area contributed by atoms with E-state index in [2.05, 4.69) is 0 Å². The largest absolute Gasteiger partial charge is 0.497 e. The average molecular weight is 364 g/mol. The first-order valence-electron chi connectivity index (χ1n) is 9.33. The molecule has 2 amide bonds. The van der Waals surface area contributed by atoms with Crippen molar-refractivity contribution in [3.63, 3.8) is 0 Å². The number of likely N-dealkylation sites (tertiary alicyclic amines) is 1. The second kappa shape index (κ2) is 6.72. The number of rotatable bonds is 4. The highest BCUT2D eigenvalue weighted by molar-refractivity contribution is 6.08. The topological polar surface area (TPSA) is 49.9 Å². The number of ether oxygens (including phenoxy) is 1. The van der Waals surface area contributed by atoms with Crippen molar-refractivity contribution in [2.24, 2.45) is 0 Å². The summed E-state index contributed by atoms with van der Waals surface area (Å²) < 4.78 is 5.36. The number of amides is 2. The Morgan fingerprint density at radius 3 is 2.70 bits per heavy atom. The van der Waals surface area contributed by atoms with Gasteiger partial charge in [0.15, 0.2) is 0 Å². The second-order valence-electron chi connectivity index (χ2n) is 7.38. The molecule has 2 heterocycles. The normalized spacial score (nSPS) is 21.0. The molecule has 1 spiro atoms.